The maximum Gasteiger partial charge on any atom is 0.341 e. The Labute approximate surface area is 118 Å². The molecule has 0 saturated carbocycles. The van der Waals surface area contributed by atoms with E-state index in [4.69, 9.17) is 9.47 Å². The highest BCUT2D eigenvalue weighted by Crippen LogP contribution is 2.13. The van der Waals surface area contributed by atoms with Crippen LogP contribution < -0.4 is 0 Å². The largest absolute Gasteiger partial charge is 0.465 e. The third-order valence-corrected chi connectivity index (χ3v) is 2.82. The summed E-state index contributed by atoms with van der Waals surface area (Å²) >= 11 is 0. The first-order valence-corrected chi connectivity index (χ1v) is 6.53. The number of hydrogen-bond acceptors (Lipinski definition) is 5. The number of esters is 2. The van der Waals surface area contributed by atoms with Crippen molar-refractivity contribution in [3.8, 4) is 0 Å². The highest BCUT2D eigenvalue weighted by Gasteiger charge is 2.20. The lowest BCUT2D eigenvalue weighted by Gasteiger charge is -2.18. The third-order valence-electron chi connectivity index (χ3n) is 2.82. The Morgan fingerprint density at radius 1 is 1.10 bits per heavy atom. The Morgan fingerprint density at radius 2 is 1.65 bits per heavy atom. The smallest absolute Gasteiger partial charge is 0.341 e. The second-order valence-corrected chi connectivity index (χ2v) is 4.37. The van der Waals surface area contributed by atoms with Gasteiger partial charge in [-0.1, -0.05) is 19.1 Å². The van der Waals surface area contributed by atoms with Gasteiger partial charge in [0.2, 0.25) is 6.29 Å². The summed E-state index contributed by atoms with van der Waals surface area (Å²) in [6.45, 7) is 5.52. The van der Waals surface area contributed by atoms with Crippen LogP contribution in [0.2, 0.25) is 0 Å². The zero-order chi connectivity index (χ0) is 15.1. The van der Waals surface area contributed by atoms with Gasteiger partial charge in [-0.05, 0) is 32.4 Å². The molecule has 0 radical (unpaired) electrons. The van der Waals surface area contributed by atoms with Crippen molar-refractivity contribution in [2.24, 2.45) is 0 Å². The van der Waals surface area contributed by atoms with Crippen LogP contribution in [0.1, 0.15) is 47.9 Å². The average molecular weight is 280 g/mol. The summed E-state index contributed by atoms with van der Waals surface area (Å²) in [5.41, 5.74) is 0.342. The predicted molar refractivity (Wildman–Crippen MR) is 73.5 cm³/mol. The highest BCUT2D eigenvalue weighted by atomic mass is 16.7. The SMILES string of the molecule is CCC(C)OC(C)OC(=O)c1ccccc1C(=O)OC. The standard InChI is InChI=1S/C15H20O5/c1-5-10(2)19-11(3)20-15(17)13-9-7-6-8-12(13)14(16)18-4/h6-11H,5H2,1-4H3. The minimum Gasteiger partial charge on any atom is -0.465 e. The normalized spacial score (nSPS) is 13.4. The molecule has 0 fully saturated rings. The van der Waals surface area contributed by atoms with Crippen molar-refractivity contribution < 1.29 is 23.8 Å². The lowest BCUT2D eigenvalue weighted by molar-refractivity contribution is -0.126. The number of methoxy groups -OCH3 is 1. The minimum atomic E-state index is -0.678. The highest BCUT2D eigenvalue weighted by molar-refractivity contribution is 6.03. The van der Waals surface area contributed by atoms with Crippen molar-refractivity contribution in [2.45, 2.75) is 39.6 Å². The second kappa shape index (κ2) is 7.65. The summed E-state index contributed by atoms with van der Waals surface area (Å²) in [5, 5.41) is 0. The molecule has 0 spiro atoms. The van der Waals surface area contributed by atoms with Crippen molar-refractivity contribution in [3.05, 3.63) is 35.4 Å². The van der Waals surface area contributed by atoms with Gasteiger partial charge >= 0.3 is 11.9 Å². The quantitative estimate of drug-likeness (QED) is 0.592. The van der Waals surface area contributed by atoms with Crippen LogP contribution in [-0.4, -0.2) is 31.4 Å². The van der Waals surface area contributed by atoms with E-state index in [9.17, 15) is 9.59 Å². The van der Waals surface area contributed by atoms with Gasteiger partial charge in [-0.3, -0.25) is 0 Å². The Balaban J connectivity index is 2.80. The van der Waals surface area contributed by atoms with Crippen LogP contribution in [0.5, 0.6) is 0 Å². The van der Waals surface area contributed by atoms with Gasteiger partial charge in [0.05, 0.1) is 24.3 Å². The topological polar surface area (TPSA) is 61.8 Å². The van der Waals surface area contributed by atoms with Crippen LogP contribution in [0.4, 0.5) is 0 Å². The van der Waals surface area contributed by atoms with Gasteiger partial charge in [-0.2, -0.15) is 0 Å². The van der Waals surface area contributed by atoms with Gasteiger partial charge in [0, 0.05) is 0 Å². The number of rotatable bonds is 6. The van der Waals surface area contributed by atoms with Gasteiger partial charge in [-0.15, -0.1) is 0 Å². The Hall–Kier alpha value is -1.88. The molecule has 20 heavy (non-hydrogen) atoms. The molecule has 2 atom stereocenters. The Bertz CT molecular complexity index is 469. The zero-order valence-corrected chi connectivity index (χ0v) is 12.2. The van der Waals surface area contributed by atoms with E-state index < -0.39 is 18.2 Å². The second-order valence-electron chi connectivity index (χ2n) is 4.37. The molecule has 1 aromatic carbocycles. The monoisotopic (exact) mass is 280 g/mol. The first-order valence-electron chi connectivity index (χ1n) is 6.53. The Kier molecular flexibility index (Phi) is 6.18. The molecule has 0 amide bonds. The molecule has 0 bridgehead atoms. The molecular formula is C15H20O5. The van der Waals surface area contributed by atoms with Gasteiger partial charge in [0.25, 0.3) is 0 Å². The minimum absolute atomic E-state index is 0.00588. The van der Waals surface area contributed by atoms with Gasteiger partial charge in [0.1, 0.15) is 0 Å². The van der Waals surface area contributed by atoms with Crippen molar-refractivity contribution in [1.82, 2.24) is 0 Å². The van der Waals surface area contributed by atoms with Crippen molar-refractivity contribution in [3.63, 3.8) is 0 Å². The van der Waals surface area contributed by atoms with Gasteiger partial charge in [0.15, 0.2) is 0 Å². The summed E-state index contributed by atoms with van der Waals surface area (Å²) in [5.74, 6) is -1.19. The number of carbonyl (C=O) groups excluding carboxylic acids is 2. The molecule has 0 heterocycles. The van der Waals surface area contributed by atoms with Crippen LogP contribution in [0.15, 0.2) is 24.3 Å². The molecule has 0 N–H and O–H groups in total. The van der Waals surface area contributed by atoms with Crippen LogP contribution >= 0.6 is 0 Å². The number of carbonyl (C=O) groups is 2. The molecule has 5 nitrogen and oxygen atoms in total. The van der Waals surface area contributed by atoms with Crippen LogP contribution in [-0.2, 0) is 14.2 Å². The Morgan fingerprint density at radius 3 is 2.15 bits per heavy atom. The summed E-state index contributed by atoms with van der Waals surface area (Å²) in [7, 11) is 1.26. The molecule has 0 aromatic heterocycles. The molecule has 5 heteroatoms. The molecule has 0 aliphatic carbocycles. The van der Waals surface area contributed by atoms with E-state index in [2.05, 4.69) is 4.74 Å². The van der Waals surface area contributed by atoms with E-state index in [-0.39, 0.29) is 17.2 Å². The van der Waals surface area contributed by atoms with Crippen molar-refractivity contribution in [1.29, 1.82) is 0 Å². The maximum atomic E-state index is 12.1. The van der Waals surface area contributed by atoms with Gasteiger partial charge < -0.3 is 14.2 Å². The molecule has 1 rings (SSSR count). The number of ether oxygens (including phenoxy) is 3. The van der Waals surface area contributed by atoms with Crippen molar-refractivity contribution >= 4 is 11.9 Å². The fourth-order valence-corrected chi connectivity index (χ4v) is 1.61. The molecular weight excluding hydrogens is 260 g/mol. The van der Waals surface area contributed by atoms with E-state index in [1.165, 1.54) is 19.2 Å². The molecule has 110 valence electrons. The fourth-order valence-electron chi connectivity index (χ4n) is 1.61. The summed E-state index contributed by atoms with van der Waals surface area (Å²) in [4.78, 5) is 23.6. The predicted octanol–water partition coefficient (Wildman–Crippen LogP) is 2.79. The molecule has 0 aliphatic rings. The number of hydrogen-bond donors (Lipinski definition) is 0. The first-order chi connectivity index (χ1) is 9.49. The summed E-state index contributed by atoms with van der Waals surface area (Å²) in [6, 6.07) is 6.35. The number of benzene rings is 1. The van der Waals surface area contributed by atoms with Gasteiger partial charge in [-0.25, -0.2) is 9.59 Å². The zero-order valence-electron chi connectivity index (χ0n) is 12.2. The van der Waals surface area contributed by atoms with Crippen LogP contribution in [0.3, 0.4) is 0 Å². The fraction of sp³-hybridized carbons (Fsp3) is 0.467. The lowest BCUT2D eigenvalue weighted by atomic mass is 10.1. The van der Waals surface area contributed by atoms with E-state index in [0.29, 0.717) is 0 Å². The van der Waals surface area contributed by atoms with Crippen LogP contribution in [0, 0.1) is 0 Å². The molecule has 1 aromatic rings. The van der Waals surface area contributed by atoms with E-state index in [1.54, 1.807) is 19.1 Å². The van der Waals surface area contributed by atoms with E-state index in [1.807, 2.05) is 13.8 Å². The van der Waals surface area contributed by atoms with Crippen molar-refractivity contribution in [2.75, 3.05) is 7.11 Å². The summed E-state index contributed by atoms with van der Waals surface area (Å²) in [6.07, 6.45) is 0.137. The average Bonchev–Trinajstić information content (AvgIpc) is 2.45. The molecule has 0 aliphatic heterocycles. The third kappa shape index (κ3) is 4.35. The van der Waals surface area contributed by atoms with E-state index in [0.717, 1.165) is 6.42 Å². The van der Waals surface area contributed by atoms with E-state index >= 15 is 0 Å². The summed E-state index contributed by atoms with van der Waals surface area (Å²) < 4.78 is 15.3. The molecule has 2 unspecified atom stereocenters. The first kappa shape index (κ1) is 16.2. The lowest BCUT2D eigenvalue weighted by Crippen LogP contribution is -2.23. The van der Waals surface area contributed by atoms with Crippen LogP contribution in [0.25, 0.3) is 0 Å². The molecule has 0 saturated heterocycles. The maximum absolute atomic E-state index is 12.1.